The Hall–Kier alpha value is -3.71. The number of piperazine rings is 1. The third-order valence-electron chi connectivity index (χ3n) is 5.16. The van der Waals surface area contributed by atoms with Gasteiger partial charge in [0, 0.05) is 37.8 Å². The van der Waals surface area contributed by atoms with E-state index in [0.717, 1.165) is 42.8 Å². The number of carbonyl (C=O) groups excluding carboxylic acids is 1. The highest BCUT2D eigenvalue weighted by molar-refractivity contribution is 6.04. The van der Waals surface area contributed by atoms with Gasteiger partial charge in [-0.25, -0.2) is 4.98 Å². The van der Waals surface area contributed by atoms with Gasteiger partial charge < -0.3 is 20.0 Å². The molecule has 0 bridgehead atoms. The fraction of sp³-hybridized carbons (Fsp3) is 0.174. The Bertz CT molecular complexity index is 1160. The van der Waals surface area contributed by atoms with Gasteiger partial charge in [0.25, 0.3) is 5.91 Å². The number of hydrogen-bond acceptors (Lipinski definition) is 6. The smallest absolute Gasteiger partial charge is 0.274 e. The third kappa shape index (κ3) is 3.62. The van der Waals surface area contributed by atoms with Crippen molar-refractivity contribution < 1.29 is 9.21 Å². The minimum absolute atomic E-state index is 0.280. The number of amides is 1. The lowest BCUT2D eigenvalue weighted by Gasteiger charge is -2.30. The van der Waals surface area contributed by atoms with Gasteiger partial charge in [-0.05, 0) is 30.3 Å². The number of furan rings is 1. The summed E-state index contributed by atoms with van der Waals surface area (Å²) in [4.78, 5) is 23.9. The number of nitrogens with one attached hydrogen (secondary N) is 2. The van der Waals surface area contributed by atoms with Crippen molar-refractivity contribution in [2.45, 2.75) is 0 Å². The zero-order chi connectivity index (χ0) is 20.3. The maximum atomic E-state index is 12.9. The van der Waals surface area contributed by atoms with E-state index in [0.29, 0.717) is 22.8 Å². The topological polar surface area (TPSA) is 83.3 Å². The predicted octanol–water partition coefficient (Wildman–Crippen LogP) is 3.55. The molecule has 1 amide bonds. The van der Waals surface area contributed by atoms with Crippen molar-refractivity contribution in [1.29, 1.82) is 0 Å². The summed E-state index contributed by atoms with van der Waals surface area (Å²) in [6.45, 7) is 3.59. The number of pyridine rings is 2. The van der Waals surface area contributed by atoms with Crippen molar-refractivity contribution in [3.63, 3.8) is 0 Å². The summed E-state index contributed by atoms with van der Waals surface area (Å²) in [5.41, 5.74) is 3.38. The second-order valence-electron chi connectivity index (χ2n) is 7.14. The molecule has 0 unspecified atom stereocenters. The van der Waals surface area contributed by atoms with Crippen LogP contribution in [0, 0.1) is 0 Å². The Kier molecular flexibility index (Phi) is 4.86. The van der Waals surface area contributed by atoms with Gasteiger partial charge >= 0.3 is 0 Å². The van der Waals surface area contributed by atoms with Gasteiger partial charge in [0.1, 0.15) is 17.0 Å². The van der Waals surface area contributed by atoms with Gasteiger partial charge in [0.2, 0.25) is 0 Å². The van der Waals surface area contributed by atoms with E-state index in [1.807, 2.05) is 48.5 Å². The number of hydrogen-bond donors (Lipinski definition) is 2. The van der Waals surface area contributed by atoms with Gasteiger partial charge in [-0.1, -0.05) is 24.3 Å². The number of aromatic nitrogens is 2. The molecule has 7 nitrogen and oxygen atoms in total. The van der Waals surface area contributed by atoms with Crippen molar-refractivity contribution >= 4 is 28.3 Å². The summed E-state index contributed by atoms with van der Waals surface area (Å²) in [5.74, 6) is 0.353. The first kappa shape index (κ1) is 18.3. The number of carbonyl (C=O) groups is 1. The molecule has 4 heterocycles. The van der Waals surface area contributed by atoms with Crippen LogP contribution < -0.4 is 15.5 Å². The molecule has 4 aromatic rings. The maximum Gasteiger partial charge on any atom is 0.274 e. The SMILES string of the molecule is O=C(Nc1cnccc1N1CCNCC1)c1cccc(-c2cc3ccccc3o2)n1. The van der Waals surface area contributed by atoms with Gasteiger partial charge in [-0.15, -0.1) is 0 Å². The molecule has 5 rings (SSSR count). The van der Waals surface area contributed by atoms with E-state index in [2.05, 4.69) is 25.5 Å². The zero-order valence-corrected chi connectivity index (χ0v) is 16.3. The van der Waals surface area contributed by atoms with Crippen LogP contribution in [0.4, 0.5) is 11.4 Å². The summed E-state index contributed by atoms with van der Waals surface area (Å²) in [6.07, 6.45) is 3.42. The van der Waals surface area contributed by atoms with E-state index in [4.69, 9.17) is 4.42 Å². The highest BCUT2D eigenvalue weighted by Gasteiger charge is 2.17. The van der Waals surface area contributed by atoms with E-state index in [9.17, 15) is 4.79 Å². The Labute approximate surface area is 173 Å². The van der Waals surface area contributed by atoms with E-state index in [1.165, 1.54) is 0 Å². The Morgan fingerprint density at radius 2 is 1.93 bits per heavy atom. The normalized spacial score (nSPS) is 14.1. The summed E-state index contributed by atoms with van der Waals surface area (Å²) in [7, 11) is 0. The lowest BCUT2D eigenvalue weighted by atomic mass is 10.2. The molecule has 1 aromatic carbocycles. The number of nitrogens with zero attached hydrogens (tertiary/aromatic N) is 3. The average Bonchev–Trinajstić information content (AvgIpc) is 3.25. The zero-order valence-electron chi connectivity index (χ0n) is 16.3. The maximum absolute atomic E-state index is 12.9. The highest BCUT2D eigenvalue weighted by atomic mass is 16.3. The fourth-order valence-electron chi connectivity index (χ4n) is 3.66. The molecule has 1 aliphatic heterocycles. The van der Waals surface area contributed by atoms with Gasteiger partial charge in [-0.2, -0.15) is 0 Å². The number of fused-ring (bicyclic) bond motifs is 1. The standard InChI is InChI=1S/C23H21N5O2/c29-23(27-19-15-25-9-8-20(19)28-12-10-24-11-13-28)18-6-3-5-17(26-18)22-14-16-4-1-2-7-21(16)30-22/h1-9,14-15,24H,10-13H2,(H,27,29). The van der Waals surface area contributed by atoms with Gasteiger partial charge in [0.15, 0.2) is 5.76 Å². The number of rotatable bonds is 4. The van der Waals surface area contributed by atoms with Crippen LogP contribution in [0.2, 0.25) is 0 Å². The van der Waals surface area contributed by atoms with Crippen LogP contribution in [-0.4, -0.2) is 42.1 Å². The van der Waals surface area contributed by atoms with Crippen molar-refractivity contribution in [1.82, 2.24) is 15.3 Å². The lowest BCUT2D eigenvalue weighted by molar-refractivity contribution is 0.102. The molecule has 2 N–H and O–H groups in total. The molecule has 0 atom stereocenters. The molecule has 0 aliphatic carbocycles. The van der Waals surface area contributed by atoms with E-state index < -0.39 is 0 Å². The monoisotopic (exact) mass is 399 g/mol. The van der Waals surface area contributed by atoms with Crippen molar-refractivity contribution in [2.24, 2.45) is 0 Å². The van der Waals surface area contributed by atoms with Crippen LogP contribution in [0.5, 0.6) is 0 Å². The summed E-state index contributed by atoms with van der Waals surface area (Å²) < 4.78 is 5.89. The molecule has 7 heteroatoms. The molecule has 150 valence electrons. The number of anilines is 2. The largest absolute Gasteiger partial charge is 0.454 e. The highest BCUT2D eigenvalue weighted by Crippen LogP contribution is 2.28. The van der Waals surface area contributed by atoms with Crippen LogP contribution in [0.3, 0.4) is 0 Å². The van der Waals surface area contributed by atoms with Crippen molar-refractivity contribution in [3.8, 4) is 11.5 Å². The quantitative estimate of drug-likeness (QED) is 0.546. The van der Waals surface area contributed by atoms with Crippen LogP contribution in [0.1, 0.15) is 10.5 Å². The first-order valence-electron chi connectivity index (χ1n) is 9.95. The number of para-hydroxylation sites is 1. The minimum atomic E-state index is -0.280. The van der Waals surface area contributed by atoms with Crippen LogP contribution in [0.15, 0.2) is 71.4 Å². The minimum Gasteiger partial charge on any atom is -0.454 e. The first-order valence-corrected chi connectivity index (χ1v) is 9.95. The molecule has 0 spiro atoms. The summed E-state index contributed by atoms with van der Waals surface area (Å²) in [5, 5.41) is 7.31. The Balaban J connectivity index is 1.40. The third-order valence-corrected chi connectivity index (χ3v) is 5.16. The van der Waals surface area contributed by atoms with E-state index in [1.54, 1.807) is 18.5 Å². The fourth-order valence-corrected chi connectivity index (χ4v) is 3.66. The second-order valence-corrected chi connectivity index (χ2v) is 7.14. The molecule has 30 heavy (non-hydrogen) atoms. The van der Waals surface area contributed by atoms with Gasteiger partial charge in [0.05, 0.1) is 17.6 Å². The summed E-state index contributed by atoms with van der Waals surface area (Å²) >= 11 is 0. The molecule has 3 aromatic heterocycles. The predicted molar refractivity (Wildman–Crippen MR) is 117 cm³/mol. The van der Waals surface area contributed by atoms with E-state index >= 15 is 0 Å². The molecule has 0 saturated carbocycles. The molecular weight excluding hydrogens is 378 g/mol. The molecule has 1 saturated heterocycles. The molecule has 1 fully saturated rings. The Morgan fingerprint density at radius 1 is 1.07 bits per heavy atom. The molecule has 1 aliphatic rings. The van der Waals surface area contributed by atoms with Crippen LogP contribution in [-0.2, 0) is 0 Å². The van der Waals surface area contributed by atoms with E-state index in [-0.39, 0.29) is 5.91 Å². The van der Waals surface area contributed by atoms with Crippen LogP contribution >= 0.6 is 0 Å². The molecular formula is C23H21N5O2. The first-order chi connectivity index (χ1) is 14.8. The number of benzene rings is 1. The van der Waals surface area contributed by atoms with Crippen molar-refractivity contribution in [3.05, 3.63) is 72.7 Å². The average molecular weight is 399 g/mol. The van der Waals surface area contributed by atoms with Crippen LogP contribution in [0.25, 0.3) is 22.4 Å². The Morgan fingerprint density at radius 3 is 2.80 bits per heavy atom. The molecule has 0 radical (unpaired) electrons. The lowest BCUT2D eigenvalue weighted by Crippen LogP contribution is -2.43. The second kappa shape index (κ2) is 7.96. The van der Waals surface area contributed by atoms with Crippen molar-refractivity contribution in [2.75, 3.05) is 36.4 Å². The van der Waals surface area contributed by atoms with Gasteiger partial charge in [-0.3, -0.25) is 9.78 Å². The summed E-state index contributed by atoms with van der Waals surface area (Å²) in [6, 6.07) is 17.0.